The zero-order chi connectivity index (χ0) is 7.71. The van der Waals surface area contributed by atoms with Crippen LogP contribution in [0.15, 0.2) is 0 Å². The standard InChI is InChI=1S/Na.H4O7P2.H/c;1-8(2,3)7-9(4,5)6;/h;(H2,1,2,3)(H2,4,5,6);/p+1. The maximum absolute atomic E-state index is 9.63. The number of rotatable bonds is 2. The van der Waals surface area contributed by atoms with Crippen molar-refractivity contribution in [2.45, 2.75) is 0 Å². The van der Waals surface area contributed by atoms with E-state index in [1.54, 1.807) is 0 Å². The van der Waals surface area contributed by atoms with Gasteiger partial charge < -0.3 is 19.6 Å². The minimum atomic E-state index is -5.05. The Morgan fingerprint density at radius 3 is 1.20 bits per heavy atom. The van der Waals surface area contributed by atoms with Crippen molar-refractivity contribution in [3.63, 3.8) is 0 Å². The second-order valence-electron chi connectivity index (χ2n) is 1.06. The molecule has 0 heterocycles. The molecule has 0 atom stereocenters. The number of hydrogen-bond acceptors (Lipinski definition) is 3. The third-order valence-electron chi connectivity index (χ3n) is 0.213. The van der Waals surface area contributed by atoms with E-state index in [4.69, 9.17) is 19.6 Å². The fourth-order valence-electron chi connectivity index (χ4n) is 0.139. The van der Waals surface area contributed by atoms with Crippen molar-refractivity contribution in [3.05, 3.63) is 0 Å². The van der Waals surface area contributed by atoms with Gasteiger partial charge in [0, 0.05) is 0 Å². The molecule has 0 aliphatic heterocycles. The number of phosphoric acid groups is 2. The molecule has 4 N–H and O–H groups in total. The second kappa shape index (κ2) is 4.33. The molecular weight excluding hydrogens is 197 g/mol. The summed E-state index contributed by atoms with van der Waals surface area (Å²) < 4.78 is 22.2. The van der Waals surface area contributed by atoms with Crippen LogP contribution in [0.1, 0.15) is 1.43 Å². The molecule has 0 saturated heterocycles. The summed E-state index contributed by atoms with van der Waals surface area (Å²) in [4.78, 5) is 31.0. The first-order chi connectivity index (χ1) is 3.71. The molecule has 0 saturated carbocycles. The van der Waals surface area contributed by atoms with Crippen LogP contribution in [0, 0.1) is 0 Å². The average molecular weight is 203 g/mol. The summed E-state index contributed by atoms with van der Waals surface area (Å²) in [5.74, 6) is 0. The third kappa shape index (κ3) is 12.0. The van der Waals surface area contributed by atoms with E-state index in [0.717, 1.165) is 0 Å². The topological polar surface area (TPSA) is 124 Å². The molecule has 0 aromatic carbocycles. The summed E-state index contributed by atoms with van der Waals surface area (Å²) in [6, 6.07) is 0. The maximum atomic E-state index is 9.63. The van der Waals surface area contributed by atoms with Crippen molar-refractivity contribution in [2.75, 3.05) is 0 Å². The van der Waals surface area contributed by atoms with Crippen molar-refractivity contribution in [2.24, 2.45) is 0 Å². The summed E-state index contributed by atoms with van der Waals surface area (Å²) >= 11 is 0. The molecule has 7 nitrogen and oxygen atoms in total. The van der Waals surface area contributed by atoms with Crippen molar-refractivity contribution >= 4 is 45.2 Å². The SMILES string of the molecule is O=P(O)(O)OP(=O)(O)O.[H+].[NaH]. The minimum absolute atomic E-state index is 0. The molecule has 0 aromatic heterocycles. The fraction of sp³-hybridized carbons (Fsp3) is 0. The van der Waals surface area contributed by atoms with Crippen LogP contribution < -0.4 is 0 Å². The van der Waals surface area contributed by atoms with Gasteiger partial charge in [-0.05, 0) is 0 Å². The van der Waals surface area contributed by atoms with Crippen molar-refractivity contribution in [3.8, 4) is 0 Å². The van der Waals surface area contributed by atoms with Gasteiger partial charge in [-0.1, -0.05) is 0 Å². The molecule has 0 aliphatic rings. The molecule has 0 aromatic rings. The van der Waals surface area contributed by atoms with Gasteiger partial charge in [0.25, 0.3) is 0 Å². The van der Waals surface area contributed by atoms with E-state index in [1.807, 2.05) is 0 Å². The second-order valence-corrected chi connectivity index (χ2v) is 3.68. The fourth-order valence-corrected chi connectivity index (χ4v) is 1.25. The van der Waals surface area contributed by atoms with Crippen molar-refractivity contribution in [1.29, 1.82) is 0 Å². The quantitative estimate of drug-likeness (QED) is 0.323. The molecule has 0 amide bonds. The van der Waals surface area contributed by atoms with Gasteiger partial charge in [-0.3, -0.25) is 0 Å². The molecule has 0 aliphatic carbocycles. The van der Waals surface area contributed by atoms with Crippen molar-refractivity contribution < 1.29 is 34.4 Å². The molecule has 0 bridgehead atoms. The summed E-state index contributed by atoms with van der Waals surface area (Å²) in [5, 5.41) is 0. The van der Waals surface area contributed by atoms with Gasteiger partial charge in [-0.25, -0.2) is 9.13 Å². The van der Waals surface area contributed by atoms with Crippen LogP contribution in [0.25, 0.3) is 0 Å². The zero-order valence-corrected chi connectivity index (χ0v) is 5.70. The van der Waals surface area contributed by atoms with Gasteiger partial charge in [0.2, 0.25) is 0 Å². The predicted octanol–water partition coefficient (Wildman–Crippen LogP) is -1.35. The van der Waals surface area contributed by atoms with Crippen molar-refractivity contribution in [1.82, 2.24) is 0 Å². The predicted molar refractivity (Wildman–Crippen MR) is 33.4 cm³/mol. The van der Waals surface area contributed by atoms with Crippen LogP contribution in [0.3, 0.4) is 0 Å². The Morgan fingerprint density at radius 1 is 1.00 bits per heavy atom. The van der Waals surface area contributed by atoms with E-state index in [9.17, 15) is 9.13 Å². The Hall–Kier alpha value is 1.26. The molecule has 10 heteroatoms. The molecule has 0 rings (SSSR count). The molecule has 0 radical (unpaired) electrons. The van der Waals surface area contributed by atoms with E-state index in [2.05, 4.69) is 4.31 Å². The van der Waals surface area contributed by atoms with Gasteiger partial charge in [-0.2, -0.15) is 4.31 Å². The Bertz CT molecular complexity index is 157. The van der Waals surface area contributed by atoms with Gasteiger partial charge >= 0.3 is 46.6 Å². The summed E-state index contributed by atoms with van der Waals surface area (Å²) in [5.41, 5.74) is 0. The average Bonchev–Trinajstić information content (AvgIpc) is 1.14. The van der Waals surface area contributed by atoms with Gasteiger partial charge in [0.15, 0.2) is 0 Å². The van der Waals surface area contributed by atoms with Crippen LogP contribution in [-0.4, -0.2) is 49.1 Å². The first-order valence-corrected chi connectivity index (χ1v) is 4.59. The molecule has 0 spiro atoms. The zero-order valence-electron chi connectivity index (χ0n) is 4.91. The van der Waals surface area contributed by atoms with Gasteiger partial charge in [0.1, 0.15) is 0 Å². The molecule has 0 fully saturated rings. The first-order valence-electron chi connectivity index (χ1n) is 1.53. The van der Waals surface area contributed by atoms with Gasteiger partial charge in [-0.15, -0.1) is 0 Å². The molecule has 10 heavy (non-hydrogen) atoms. The first kappa shape index (κ1) is 13.8. The van der Waals surface area contributed by atoms with E-state index < -0.39 is 15.6 Å². The molecule has 58 valence electrons. The number of hydrogen-bond donors (Lipinski definition) is 4. The Balaban J connectivity index is -0.000000320. The van der Waals surface area contributed by atoms with Crippen LogP contribution in [-0.2, 0) is 13.4 Å². The van der Waals surface area contributed by atoms with Crippen LogP contribution in [0.4, 0.5) is 0 Å². The molecule has 0 unspecified atom stereocenters. The summed E-state index contributed by atoms with van der Waals surface area (Å²) in [6.45, 7) is 0. The Labute approximate surface area is 79.7 Å². The summed E-state index contributed by atoms with van der Waals surface area (Å²) in [7, 11) is -10.1. The van der Waals surface area contributed by atoms with E-state index in [-0.39, 0.29) is 31.0 Å². The van der Waals surface area contributed by atoms with Crippen LogP contribution in [0.5, 0.6) is 0 Å². The van der Waals surface area contributed by atoms with E-state index in [1.165, 1.54) is 0 Å². The molecular formula is H6NaO7P2+. The van der Waals surface area contributed by atoms with E-state index in [0.29, 0.717) is 0 Å². The Kier molecular flexibility index (Phi) is 5.98. The third-order valence-corrected chi connectivity index (χ3v) is 1.91. The Morgan fingerprint density at radius 2 is 1.20 bits per heavy atom. The monoisotopic (exact) mass is 203 g/mol. The van der Waals surface area contributed by atoms with Crippen LogP contribution >= 0.6 is 15.6 Å². The summed E-state index contributed by atoms with van der Waals surface area (Å²) in [6.07, 6.45) is 0. The normalized spacial score (nSPS) is 12.4. The van der Waals surface area contributed by atoms with Crippen LogP contribution in [0.2, 0.25) is 0 Å². The van der Waals surface area contributed by atoms with Gasteiger partial charge in [0.05, 0.1) is 0 Å². The van der Waals surface area contributed by atoms with E-state index >= 15 is 0 Å².